The lowest BCUT2D eigenvalue weighted by Crippen LogP contribution is -2.05. The molecule has 8 nitrogen and oxygen atoms in total. The summed E-state index contributed by atoms with van der Waals surface area (Å²) in [6.45, 7) is 3.45. The Morgan fingerprint density at radius 2 is 2.06 bits per heavy atom. The van der Waals surface area contributed by atoms with E-state index < -0.39 is 0 Å². The Labute approximate surface area is 198 Å². The van der Waals surface area contributed by atoms with Gasteiger partial charge >= 0.3 is 0 Å². The molecule has 3 aromatic heterocycles. The molecular weight excluding hydrogens is 456 g/mol. The van der Waals surface area contributed by atoms with Crippen LogP contribution in [-0.2, 0) is 15.4 Å². The second-order valence-electron chi connectivity index (χ2n) is 7.40. The summed E-state index contributed by atoms with van der Waals surface area (Å²) in [5.41, 5.74) is 6.55. The Morgan fingerprint density at radius 3 is 2.76 bits per heavy atom. The Bertz CT molecular complexity index is 1360. The molecule has 5 rings (SSSR count). The third-order valence-electron chi connectivity index (χ3n) is 5.02. The number of fused-ring (bicyclic) bond motifs is 3. The first kappa shape index (κ1) is 21.4. The van der Waals surface area contributed by atoms with Crippen LogP contribution in [0.2, 0.25) is 0 Å². The summed E-state index contributed by atoms with van der Waals surface area (Å²) in [5, 5.41) is 12.2. The fourth-order valence-electron chi connectivity index (χ4n) is 3.52. The van der Waals surface area contributed by atoms with Gasteiger partial charge in [0.05, 0.1) is 27.4 Å². The minimum atomic E-state index is -0.137. The van der Waals surface area contributed by atoms with Gasteiger partial charge in [0.2, 0.25) is 5.91 Å². The molecule has 0 bridgehead atoms. The highest BCUT2D eigenvalue weighted by Crippen LogP contribution is 2.49. The minimum Gasteiger partial charge on any atom is -0.399 e. The van der Waals surface area contributed by atoms with Gasteiger partial charge in [-0.05, 0) is 36.8 Å². The Hall–Kier alpha value is -3.50. The van der Waals surface area contributed by atoms with Crippen molar-refractivity contribution in [1.29, 1.82) is 0 Å². The topological polar surface area (TPSA) is 94.3 Å². The molecule has 0 spiro atoms. The molecule has 1 aromatic carbocycles. The Kier molecular flexibility index (Phi) is 5.69. The highest BCUT2D eigenvalue weighted by Gasteiger charge is 2.30. The maximum Gasteiger partial charge on any atom is 0.223 e. The van der Waals surface area contributed by atoms with E-state index >= 15 is 0 Å². The number of nitrogens with one attached hydrogen (secondary N) is 1. The smallest absolute Gasteiger partial charge is 0.223 e. The molecular formula is C23H20N6O2S2. The van der Waals surface area contributed by atoms with Crippen molar-refractivity contribution in [2.24, 2.45) is 5.16 Å². The maximum absolute atomic E-state index is 11.6. The van der Waals surface area contributed by atoms with Gasteiger partial charge in [0.25, 0.3) is 0 Å². The molecule has 4 aromatic rings. The van der Waals surface area contributed by atoms with Crippen LogP contribution < -0.4 is 5.32 Å². The van der Waals surface area contributed by atoms with Crippen LogP contribution in [0.25, 0.3) is 27.5 Å². The summed E-state index contributed by atoms with van der Waals surface area (Å²) in [6.07, 6.45) is 3.51. The molecule has 0 saturated carbocycles. The maximum atomic E-state index is 11.6. The van der Waals surface area contributed by atoms with Crippen molar-refractivity contribution in [3.63, 3.8) is 0 Å². The molecule has 0 aliphatic carbocycles. The zero-order valence-corrected chi connectivity index (χ0v) is 19.8. The molecule has 1 aliphatic heterocycles. The zero-order valence-electron chi connectivity index (χ0n) is 18.2. The molecule has 1 aliphatic rings. The molecule has 0 radical (unpaired) electrons. The number of anilines is 1. The van der Waals surface area contributed by atoms with Gasteiger partial charge < -0.3 is 10.2 Å². The Morgan fingerprint density at radius 1 is 1.24 bits per heavy atom. The standard InChI is InChI=1S/C23H20N6O2S2/c1-13-4-7-16(11-24-13)19-22-20(21-18(12-32-22)27-23(33-21)26-14(2)30)29(28-19)17-8-5-15(6-9-17)10-25-31-3/h4-11H,12H2,1-3H3,(H,26,27,30)/b25-10+. The molecule has 0 atom stereocenters. The number of rotatable bonds is 5. The number of hydrogen-bond acceptors (Lipinski definition) is 8. The van der Waals surface area contributed by atoms with Crippen LogP contribution in [0, 0.1) is 6.92 Å². The fraction of sp³-hybridized carbons (Fsp3) is 0.174. The zero-order chi connectivity index (χ0) is 22.9. The first-order valence-electron chi connectivity index (χ1n) is 10.2. The third kappa shape index (κ3) is 4.14. The number of thiazole rings is 1. The number of amides is 1. The normalized spacial score (nSPS) is 12.5. The van der Waals surface area contributed by atoms with Crippen molar-refractivity contribution in [2.75, 3.05) is 12.4 Å². The molecule has 1 amide bonds. The van der Waals surface area contributed by atoms with Crippen LogP contribution in [0.3, 0.4) is 0 Å². The van der Waals surface area contributed by atoms with E-state index in [4.69, 9.17) is 9.94 Å². The first-order chi connectivity index (χ1) is 16.0. The second kappa shape index (κ2) is 8.80. The number of carbonyl (C=O) groups excluding carboxylic acids is 1. The SMILES string of the molecule is CO/N=C/c1ccc(-n2nc(-c3ccc(C)nc3)c3c2-c2sc(NC(C)=O)nc2CS3)cc1. The van der Waals surface area contributed by atoms with Gasteiger partial charge in [-0.25, -0.2) is 9.67 Å². The third-order valence-corrected chi connectivity index (χ3v) is 7.13. The van der Waals surface area contributed by atoms with Crippen LogP contribution in [0.15, 0.2) is 52.6 Å². The number of nitrogens with zero attached hydrogens (tertiary/aromatic N) is 5. The molecule has 10 heteroatoms. The molecule has 166 valence electrons. The van der Waals surface area contributed by atoms with E-state index in [-0.39, 0.29) is 5.91 Å². The van der Waals surface area contributed by atoms with Crippen LogP contribution in [0.5, 0.6) is 0 Å². The number of aryl methyl sites for hydroxylation is 1. The average Bonchev–Trinajstić information content (AvgIpc) is 3.39. The van der Waals surface area contributed by atoms with E-state index in [9.17, 15) is 4.79 Å². The number of carbonyl (C=O) groups is 1. The predicted octanol–water partition coefficient (Wildman–Crippen LogP) is 4.91. The number of aromatic nitrogens is 4. The van der Waals surface area contributed by atoms with Crippen LogP contribution >= 0.6 is 23.1 Å². The van der Waals surface area contributed by atoms with Gasteiger partial charge in [-0.2, -0.15) is 5.10 Å². The van der Waals surface area contributed by atoms with E-state index in [0.29, 0.717) is 10.9 Å². The van der Waals surface area contributed by atoms with E-state index in [1.54, 1.807) is 18.0 Å². The van der Waals surface area contributed by atoms with Crippen molar-refractivity contribution >= 4 is 40.4 Å². The van der Waals surface area contributed by atoms with E-state index in [2.05, 4.69) is 20.4 Å². The molecule has 1 N–H and O–H groups in total. The predicted molar refractivity (Wildman–Crippen MR) is 131 cm³/mol. The van der Waals surface area contributed by atoms with E-state index in [1.807, 2.05) is 54.2 Å². The van der Waals surface area contributed by atoms with Crippen molar-refractivity contribution < 1.29 is 9.63 Å². The quantitative estimate of drug-likeness (QED) is 0.325. The second-order valence-corrected chi connectivity index (χ2v) is 9.38. The largest absolute Gasteiger partial charge is 0.399 e. The molecule has 4 heterocycles. The highest BCUT2D eigenvalue weighted by molar-refractivity contribution is 7.99. The van der Waals surface area contributed by atoms with Crippen molar-refractivity contribution in [1.82, 2.24) is 19.7 Å². The van der Waals surface area contributed by atoms with Crippen molar-refractivity contribution in [2.45, 2.75) is 24.5 Å². The fourth-order valence-corrected chi connectivity index (χ4v) is 5.85. The van der Waals surface area contributed by atoms with Gasteiger partial charge in [-0.3, -0.25) is 9.78 Å². The lowest BCUT2D eigenvalue weighted by molar-refractivity contribution is -0.114. The van der Waals surface area contributed by atoms with Crippen LogP contribution in [-0.4, -0.2) is 39.0 Å². The van der Waals surface area contributed by atoms with Gasteiger partial charge in [0.15, 0.2) is 5.13 Å². The summed E-state index contributed by atoms with van der Waals surface area (Å²) < 4.78 is 1.95. The number of benzene rings is 1. The van der Waals surface area contributed by atoms with Gasteiger partial charge in [-0.15, -0.1) is 11.8 Å². The first-order valence-corrected chi connectivity index (χ1v) is 12.0. The molecule has 0 fully saturated rings. The Balaban J connectivity index is 1.67. The molecule has 33 heavy (non-hydrogen) atoms. The highest BCUT2D eigenvalue weighted by atomic mass is 32.2. The van der Waals surface area contributed by atoms with E-state index in [0.717, 1.165) is 49.4 Å². The number of pyridine rings is 1. The van der Waals surface area contributed by atoms with E-state index in [1.165, 1.54) is 25.4 Å². The molecule has 0 unspecified atom stereocenters. The number of oxime groups is 1. The van der Waals surface area contributed by atoms with Gasteiger partial charge in [0.1, 0.15) is 18.5 Å². The van der Waals surface area contributed by atoms with Gasteiger partial charge in [-0.1, -0.05) is 28.6 Å². The summed E-state index contributed by atoms with van der Waals surface area (Å²) in [6, 6.07) is 12.0. The van der Waals surface area contributed by atoms with Gasteiger partial charge in [0, 0.05) is 30.1 Å². The summed E-state index contributed by atoms with van der Waals surface area (Å²) in [4.78, 5) is 27.6. The summed E-state index contributed by atoms with van der Waals surface area (Å²) >= 11 is 3.17. The average molecular weight is 477 g/mol. The summed E-state index contributed by atoms with van der Waals surface area (Å²) in [7, 11) is 1.52. The van der Waals surface area contributed by atoms with Crippen molar-refractivity contribution in [3.8, 4) is 27.5 Å². The lowest BCUT2D eigenvalue weighted by Gasteiger charge is -2.13. The lowest BCUT2D eigenvalue weighted by atomic mass is 10.1. The number of thioether (sulfide) groups is 1. The molecule has 0 saturated heterocycles. The van der Waals surface area contributed by atoms with Crippen LogP contribution in [0.4, 0.5) is 5.13 Å². The summed E-state index contributed by atoms with van der Waals surface area (Å²) in [5.74, 6) is 0.574. The van der Waals surface area contributed by atoms with Crippen molar-refractivity contribution in [3.05, 3.63) is 59.5 Å². The van der Waals surface area contributed by atoms with Crippen LogP contribution in [0.1, 0.15) is 23.9 Å². The monoisotopic (exact) mass is 476 g/mol. The minimum absolute atomic E-state index is 0.137. The number of hydrogen-bond donors (Lipinski definition) is 1.